The number of hydrogen-bond acceptors (Lipinski definition) is 4. The van der Waals surface area contributed by atoms with Gasteiger partial charge in [0.2, 0.25) is 5.91 Å². The molecule has 2 fully saturated rings. The average molecular weight is 397 g/mol. The Morgan fingerprint density at radius 3 is 2.55 bits per heavy atom. The molecular weight excluding hydrogens is 360 g/mol. The number of aryl methyl sites for hydroxylation is 3. The van der Waals surface area contributed by atoms with Crippen LogP contribution in [0.1, 0.15) is 67.2 Å². The number of nitrogens with one attached hydrogen (secondary N) is 1. The normalized spacial score (nSPS) is 24.2. The number of carbonyl (C=O) groups is 1. The zero-order valence-electron chi connectivity index (χ0n) is 18.3. The fraction of sp³-hybridized carbons (Fsp3) is 0.667. The zero-order chi connectivity index (χ0) is 21.0. The summed E-state index contributed by atoms with van der Waals surface area (Å²) in [5.74, 6) is 0.386. The first-order valence-corrected chi connectivity index (χ1v) is 11.1. The molecule has 1 saturated carbocycles. The van der Waals surface area contributed by atoms with E-state index in [9.17, 15) is 10.1 Å². The van der Waals surface area contributed by atoms with Crippen LogP contribution in [-0.4, -0.2) is 35.5 Å². The summed E-state index contributed by atoms with van der Waals surface area (Å²) in [6.45, 7) is 8.58. The number of nitriles is 1. The van der Waals surface area contributed by atoms with Gasteiger partial charge in [-0.2, -0.15) is 5.26 Å². The lowest BCUT2D eigenvalue weighted by atomic mass is 9.84. The summed E-state index contributed by atoms with van der Waals surface area (Å²) in [6, 6.07) is 6.30. The van der Waals surface area contributed by atoms with Crippen LogP contribution in [0.5, 0.6) is 0 Å². The highest BCUT2D eigenvalue weighted by Crippen LogP contribution is 2.28. The van der Waals surface area contributed by atoms with Crippen LogP contribution in [-0.2, 0) is 11.3 Å². The predicted molar refractivity (Wildman–Crippen MR) is 116 cm³/mol. The number of rotatable bonds is 6. The number of carbonyl (C=O) groups excluding carboxylic acids is 1. The van der Waals surface area contributed by atoms with Crippen molar-refractivity contribution >= 4 is 5.91 Å². The Hall–Kier alpha value is -1.90. The van der Waals surface area contributed by atoms with E-state index in [1.54, 1.807) is 0 Å². The Bertz CT molecular complexity index is 755. The monoisotopic (exact) mass is 396 g/mol. The summed E-state index contributed by atoms with van der Waals surface area (Å²) < 4.78 is 0. The lowest BCUT2D eigenvalue weighted by molar-refractivity contribution is -0.124. The number of hydrogen-bond donors (Lipinski definition) is 2. The fourth-order valence-corrected chi connectivity index (χ4v) is 5.15. The predicted octanol–water partition coefficient (Wildman–Crippen LogP) is 3.49. The smallest absolute Gasteiger partial charge is 0.238 e. The van der Waals surface area contributed by atoms with E-state index in [0.717, 1.165) is 19.5 Å². The highest BCUT2D eigenvalue weighted by Gasteiger charge is 2.40. The molecule has 2 unspecified atom stereocenters. The second kappa shape index (κ2) is 9.28. The maximum atomic E-state index is 12.7. The van der Waals surface area contributed by atoms with Crippen molar-refractivity contribution < 1.29 is 4.79 Å². The van der Waals surface area contributed by atoms with Crippen LogP contribution in [0.25, 0.3) is 0 Å². The number of benzene rings is 1. The molecular formula is C24H36N4O. The Kier molecular flexibility index (Phi) is 6.97. The second-order valence-corrected chi connectivity index (χ2v) is 9.37. The summed E-state index contributed by atoms with van der Waals surface area (Å²) in [5.41, 5.74) is 10.6. The minimum Gasteiger partial charge on any atom is -0.335 e. The fourth-order valence-electron chi connectivity index (χ4n) is 5.15. The highest BCUT2D eigenvalue weighted by molar-refractivity contribution is 5.82. The van der Waals surface area contributed by atoms with Crippen LogP contribution < -0.4 is 11.1 Å². The third-order valence-corrected chi connectivity index (χ3v) is 6.80. The van der Waals surface area contributed by atoms with Crippen LogP contribution in [0.4, 0.5) is 0 Å². The van der Waals surface area contributed by atoms with Gasteiger partial charge >= 0.3 is 0 Å². The van der Waals surface area contributed by atoms with Crippen molar-refractivity contribution in [1.82, 2.24) is 10.2 Å². The standard InChI is InChI=1S/C24H36N4O/c1-17-11-18(2)21(19(3)12-17)14-28-10-9-24(15-25,16-28)27-23(29)22(26)13-20-7-5-4-6-8-20/h11-12,20,22H,4-10,13-14,16,26H2,1-3H3,(H,27,29). The minimum atomic E-state index is -0.826. The van der Waals surface area contributed by atoms with Crippen LogP contribution >= 0.6 is 0 Å². The molecule has 5 nitrogen and oxygen atoms in total. The molecule has 1 aliphatic heterocycles. The molecule has 29 heavy (non-hydrogen) atoms. The van der Waals surface area contributed by atoms with E-state index < -0.39 is 11.6 Å². The topological polar surface area (TPSA) is 82.2 Å². The summed E-state index contributed by atoms with van der Waals surface area (Å²) in [4.78, 5) is 15.0. The van der Waals surface area contributed by atoms with E-state index in [1.807, 2.05) is 0 Å². The zero-order valence-corrected chi connectivity index (χ0v) is 18.3. The van der Waals surface area contributed by atoms with E-state index in [2.05, 4.69) is 49.2 Å². The van der Waals surface area contributed by atoms with E-state index in [0.29, 0.717) is 18.9 Å². The van der Waals surface area contributed by atoms with Crippen molar-refractivity contribution in [3.05, 3.63) is 34.4 Å². The molecule has 0 radical (unpaired) electrons. The summed E-state index contributed by atoms with van der Waals surface area (Å²) >= 11 is 0. The molecule has 2 aliphatic rings. The van der Waals surface area contributed by atoms with Crippen LogP contribution in [0, 0.1) is 38.0 Å². The maximum absolute atomic E-state index is 12.7. The van der Waals surface area contributed by atoms with E-state index >= 15 is 0 Å². The third kappa shape index (κ3) is 5.38. The third-order valence-electron chi connectivity index (χ3n) is 6.80. The Morgan fingerprint density at radius 2 is 1.93 bits per heavy atom. The lowest BCUT2D eigenvalue weighted by Gasteiger charge is -2.28. The van der Waals surface area contributed by atoms with E-state index in [4.69, 9.17) is 5.73 Å². The second-order valence-electron chi connectivity index (χ2n) is 9.37. The Labute approximate surface area is 175 Å². The molecule has 5 heteroatoms. The molecule has 1 aliphatic carbocycles. The summed E-state index contributed by atoms with van der Waals surface area (Å²) in [7, 11) is 0. The van der Waals surface area contributed by atoms with Gasteiger partial charge in [-0.1, -0.05) is 49.8 Å². The molecule has 1 heterocycles. The van der Waals surface area contributed by atoms with Crippen molar-refractivity contribution in [3.63, 3.8) is 0 Å². The Morgan fingerprint density at radius 1 is 1.28 bits per heavy atom. The van der Waals surface area contributed by atoms with Crippen molar-refractivity contribution in [1.29, 1.82) is 5.26 Å². The van der Waals surface area contributed by atoms with Crippen molar-refractivity contribution in [2.75, 3.05) is 13.1 Å². The van der Waals surface area contributed by atoms with Crippen LogP contribution in [0.15, 0.2) is 12.1 Å². The average Bonchev–Trinajstić information content (AvgIpc) is 3.08. The summed E-state index contributed by atoms with van der Waals surface area (Å²) in [6.07, 6.45) is 7.52. The number of nitrogens with two attached hydrogens (primary N) is 1. The number of nitrogens with zero attached hydrogens (tertiary/aromatic N) is 2. The van der Waals surface area contributed by atoms with Gasteiger partial charge < -0.3 is 11.1 Å². The van der Waals surface area contributed by atoms with E-state index in [1.165, 1.54) is 54.4 Å². The SMILES string of the molecule is Cc1cc(C)c(CN2CCC(C#N)(NC(=O)C(N)CC3CCCCC3)C2)c(C)c1. The van der Waals surface area contributed by atoms with Crippen LogP contribution in [0.3, 0.4) is 0 Å². The van der Waals surface area contributed by atoms with Gasteiger partial charge in [-0.25, -0.2) is 0 Å². The first kappa shape index (κ1) is 21.8. The van der Waals surface area contributed by atoms with Gasteiger partial charge in [-0.05, 0) is 56.2 Å². The molecule has 1 amide bonds. The first-order chi connectivity index (χ1) is 13.8. The molecule has 0 bridgehead atoms. The van der Waals surface area contributed by atoms with Gasteiger partial charge in [0.25, 0.3) is 0 Å². The van der Waals surface area contributed by atoms with Gasteiger partial charge in [0.05, 0.1) is 12.1 Å². The largest absolute Gasteiger partial charge is 0.335 e. The molecule has 1 saturated heterocycles. The van der Waals surface area contributed by atoms with Gasteiger partial charge in [0.1, 0.15) is 5.54 Å². The first-order valence-electron chi connectivity index (χ1n) is 11.1. The number of likely N-dealkylation sites (tertiary alicyclic amines) is 1. The lowest BCUT2D eigenvalue weighted by Crippen LogP contribution is -2.54. The quantitative estimate of drug-likeness (QED) is 0.771. The maximum Gasteiger partial charge on any atom is 0.238 e. The Balaban J connectivity index is 1.59. The van der Waals surface area contributed by atoms with Crippen LogP contribution in [0.2, 0.25) is 0 Å². The molecule has 1 aromatic carbocycles. The molecule has 3 rings (SSSR count). The van der Waals surface area contributed by atoms with Crippen molar-refractivity contribution in [3.8, 4) is 6.07 Å². The van der Waals surface area contributed by atoms with Gasteiger partial charge in [0, 0.05) is 19.6 Å². The van der Waals surface area contributed by atoms with Gasteiger partial charge in [0.15, 0.2) is 0 Å². The molecule has 0 spiro atoms. The molecule has 2 atom stereocenters. The number of amides is 1. The molecule has 158 valence electrons. The molecule has 3 N–H and O–H groups in total. The summed E-state index contributed by atoms with van der Waals surface area (Å²) in [5, 5.41) is 12.9. The molecule has 1 aromatic rings. The van der Waals surface area contributed by atoms with Gasteiger partial charge in [-0.15, -0.1) is 0 Å². The van der Waals surface area contributed by atoms with E-state index in [-0.39, 0.29) is 5.91 Å². The van der Waals surface area contributed by atoms with Gasteiger partial charge in [-0.3, -0.25) is 9.69 Å². The molecule has 0 aromatic heterocycles. The minimum absolute atomic E-state index is 0.165. The highest BCUT2D eigenvalue weighted by atomic mass is 16.2. The van der Waals surface area contributed by atoms with Crippen molar-refractivity contribution in [2.24, 2.45) is 11.7 Å². The van der Waals surface area contributed by atoms with Crippen molar-refractivity contribution in [2.45, 2.75) is 83.8 Å².